The van der Waals surface area contributed by atoms with Crippen molar-refractivity contribution in [2.24, 2.45) is 0 Å². The second kappa shape index (κ2) is 11.0. The number of fused-ring (bicyclic) bond motifs is 1. The lowest BCUT2D eigenvalue weighted by molar-refractivity contribution is -0.0148. The number of hydrogen-bond donors (Lipinski definition) is 1. The molecule has 34 heavy (non-hydrogen) atoms. The Kier molecular flexibility index (Phi) is 7.41. The van der Waals surface area contributed by atoms with E-state index in [2.05, 4.69) is 46.2 Å². The van der Waals surface area contributed by atoms with E-state index >= 15 is 0 Å². The number of aliphatic hydroxyl groups excluding tert-OH is 1. The third-order valence-corrected chi connectivity index (χ3v) is 6.44. The summed E-state index contributed by atoms with van der Waals surface area (Å²) in [7, 11) is 0. The van der Waals surface area contributed by atoms with Gasteiger partial charge < -0.3 is 19.3 Å². The lowest BCUT2D eigenvalue weighted by Crippen LogP contribution is -2.48. The summed E-state index contributed by atoms with van der Waals surface area (Å²) in [5.74, 6) is 1.66. The summed E-state index contributed by atoms with van der Waals surface area (Å²) >= 11 is 0. The van der Waals surface area contributed by atoms with Crippen LogP contribution in [0.25, 0.3) is 0 Å². The molecule has 0 bridgehead atoms. The zero-order valence-corrected chi connectivity index (χ0v) is 19.4. The Morgan fingerprint density at radius 3 is 2.06 bits per heavy atom. The van der Waals surface area contributed by atoms with Crippen LogP contribution in [0.15, 0.2) is 78.9 Å². The topological polar surface area (TPSA) is 54.4 Å². The van der Waals surface area contributed by atoms with E-state index < -0.39 is 6.10 Å². The van der Waals surface area contributed by atoms with Crippen molar-refractivity contribution in [3.05, 3.63) is 95.6 Å². The Morgan fingerprint density at radius 1 is 0.765 bits per heavy atom. The van der Waals surface area contributed by atoms with Gasteiger partial charge >= 0.3 is 0 Å². The highest BCUT2D eigenvalue weighted by atomic mass is 16.7. The third-order valence-electron chi connectivity index (χ3n) is 6.44. The number of β-amino-alcohol motifs (C(OH)–C–C–N with tert-alkyl or cyclic N) is 1. The Hall–Kier alpha value is -2.90. The average Bonchev–Trinajstić information content (AvgIpc) is 3.35. The van der Waals surface area contributed by atoms with Gasteiger partial charge in [0.25, 0.3) is 0 Å². The number of benzene rings is 3. The van der Waals surface area contributed by atoms with Gasteiger partial charge in [-0.25, -0.2) is 0 Å². The molecule has 1 N–H and O–H groups in total. The molecule has 0 aromatic heterocycles. The summed E-state index contributed by atoms with van der Waals surface area (Å²) < 4.78 is 17.1. The van der Waals surface area contributed by atoms with Gasteiger partial charge in [0, 0.05) is 39.3 Å². The number of aliphatic hydroxyl groups is 1. The van der Waals surface area contributed by atoms with Crippen molar-refractivity contribution in [3.63, 3.8) is 0 Å². The fourth-order valence-corrected chi connectivity index (χ4v) is 4.63. The summed E-state index contributed by atoms with van der Waals surface area (Å²) in [5, 5.41) is 10.7. The van der Waals surface area contributed by atoms with E-state index in [1.165, 1.54) is 5.56 Å². The quantitative estimate of drug-likeness (QED) is 0.526. The highest BCUT2D eigenvalue weighted by Gasteiger charge is 2.22. The van der Waals surface area contributed by atoms with Gasteiger partial charge in [-0.1, -0.05) is 66.7 Å². The predicted molar refractivity (Wildman–Crippen MR) is 131 cm³/mol. The van der Waals surface area contributed by atoms with Crippen LogP contribution in [0.4, 0.5) is 0 Å². The maximum Gasteiger partial charge on any atom is 0.231 e. The molecule has 2 aliphatic heterocycles. The van der Waals surface area contributed by atoms with Crippen LogP contribution in [0.5, 0.6) is 11.5 Å². The molecule has 178 valence electrons. The predicted octanol–water partition coefficient (Wildman–Crippen LogP) is 3.70. The summed E-state index contributed by atoms with van der Waals surface area (Å²) in [6, 6.07) is 26.6. The molecule has 2 aliphatic rings. The first-order valence-corrected chi connectivity index (χ1v) is 12.0. The molecule has 0 saturated carbocycles. The van der Waals surface area contributed by atoms with Crippen molar-refractivity contribution in [3.8, 4) is 11.5 Å². The van der Waals surface area contributed by atoms with Crippen LogP contribution in [0.2, 0.25) is 0 Å². The van der Waals surface area contributed by atoms with Gasteiger partial charge in [-0.05, 0) is 28.8 Å². The van der Waals surface area contributed by atoms with Crippen molar-refractivity contribution < 1.29 is 19.3 Å². The molecule has 1 atom stereocenters. The second-order valence-corrected chi connectivity index (χ2v) is 8.95. The molecule has 1 saturated heterocycles. The maximum atomic E-state index is 10.7. The highest BCUT2D eigenvalue weighted by molar-refractivity contribution is 5.44. The van der Waals surface area contributed by atoms with Crippen LogP contribution in [-0.2, 0) is 11.3 Å². The zero-order valence-electron chi connectivity index (χ0n) is 19.4. The summed E-state index contributed by atoms with van der Waals surface area (Å²) in [5.41, 5.74) is 3.43. The van der Waals surface area contributed by atoms with Crippen molar-refractivity contribution in [1.82, 2.24) is 9.80 Å². The molecule has 0 unspecified atom stereocenters. The van der Waals surface area contributed by atoms with Crippen LogP contribution < -0.4 is 9.47 Å². The van der Waals surface area contributed by atoms with Gasteiger partial charge in [-0.15, -0.1) is 0 Å². The lowest BCUT2D eigenvalue weighted by Gasteiger charge is -2.35. The number of piperazine rings is 1. The summed E-state index contributed by atoms with van der Waals surface area (Å²) in [6.07, 6.45) is -0.717. The van der Waals surface area contributed by atoms with Crippen molar-refractivity contribution >= 4 is 0 Å². The third kappa shape index (κ3) is 5.77. The van der Waals surface area contributed by atoms with E-state index in [0.717, 1.165) is 55.3 Å². The van der Waals surface area contributed by atoms with E-state index in [-0.39, 0.29) is 6.10 Å². The monoisotopic (exact) mass is 460 g/mol. The van der Waals surface area contributed by atoms with Crippen molar-refractivity contribution in [2.75, 3.05) is 46.1 Å². The number of nitrogens with zero attached hydrogens (tertiary/aromatic N) is 2. The van der Waals surface area contributed by atoms with Crippen LogP contribution in [0.1, 0.15) is 22.8 Å². The maximum absolute atomic E-state index is 10.7. The van der Waals surface area contributed by atoms with Crippen LogP contribution in [-0.4, -0.2) is 67.1 Å². The molecule has 0 amide bonds. The standard InChI is InChI=1S/C28H32N2O4/c31-25(20-32-28(23-7-3-1-4-8-23)24-9-5-2-6-10-24)19-30-15-13-29(14-16-30)18-22-11-12-26-27(17-22)34-21-33-26/h1-12,17,25,28,31H,13-16,18-21H2/t25-/m0/s1. The molecule has 2 heterocycles. The average molecular weight is 461 g/mol. The Labute approximate surface area is 201 Å². The Morgan fingerprint density at radius 2 is 1.38 bits per heavy atom. The normalized spacial score (nSPS) is 17.2. The van der Waals surface area contributed by atoms with Gasteiger partial charge in [-0.2, -0.15) is 0 Å². The van der Waals surface area contributed by atoms with E-state index in [1.54, 1.807) is 0 Å². The minimum atomic E-state index is -0.532. The van der Waals surface area contributed by atoms with Crippen molar-refractivity contribution in [1.29, 1.82) is 0 Å². The first-order chi connectivity index (χ1) is 16.7. The van der Waals surface area contributed by atoms with Gasteiger partial charge in [0.05, 0.1) is 12.7 Å². The SMILES string of the molecule is O[C@H](COC(c1ccccc1)c1ccccc1)CN1CCN(Cc2ccc3c(c2)OCO3)CC1. The molecule has 3 aromatic rings. The second-order valence-electron chi connectivity index (χ2n) is 8.95. The van der Waals surface area contributed by atoms with E-state index in [1.807, 2.05) is 42.5 Å². The van der Waals surface area contributed by atoms with E-state index in [0.29, 0.717) is 19.9 Å². The van der Waals surface area contributed by atoms with E-state index in [9.17, 15) is 5.11 Å². The minimum Gasteiger partial charge on any atom is -0.454 e. The lowest BCUT2D eigenvalue weighted by atomic mass is 10.0. The minimum absolute atomic E-state index is 0.185. The van der Waals surface area contributed by atoms with Crippen LogP contribution in [0.3, 0.4) is 0 Å². The first kappa shape index (κ1) is 22.9. The zero-order chi connectivity index (χ0) is 23.2. The Balaban J connectivity index is 1.09. The molecule has 0 aliphatic carbocycles. The largest absolute Gasteiger partial charge is 0.454 e. The number of ether oxygens (including phenoxy) is 3. The molecule has 0 spiro atoms. The molecule has 3 aromatic carbocycles. The number of hydrogen-bond acceptors (Lipinski definition) is 6. The highest BCUT2D eigenvalue weighted by Crippen LogP contribution is 2.33. The van der Waals surface area contributed by atoms with Crippen LogP contribution in [0, 0.1) is 0 Å². The number of rotatable bonds is 9. The van der Waals surface area contributed by atoms with Crippen molar-refractivity contribution in [2.45, 2.75) is 18.8 Å². The molecular weight excluding hydrogens is 428 g/mol. The first-order valence-electron chi connectivity index (χ1n) is 12.0. The Bertz CT molecular complexity index is 999. The molecule has 1 fully saturated rings. The van der Waals surface area contributed by atoms with Gasteiger partial charge in [0.2, 0.25) is 6.79 Å². The fourth-order valence-electron chi connectivity index (χ4n) is 4.63. The van der Waals surface area contributed by atoms with Gasteiger partial charge in [-0.3, -0.25) is 9.80 Å². The van der Waals surface area contributed by atoms with E-state index in [4.69, 9.17) is 14.2 Å². The fraction of sp³-hybridized carbons (Fsp3) is 0.357. The molecule has 6 heteroatoms. The molecule has 0 radical (unpaired) electrons. The van der Waals surface area contributed by atoms with Gasteiger partial charge in [0.15, 0.2) is 11.5 Å². The summed E-state index contributed by atoms with van der Waals surface area (Å²) in [6.45, 7) is 5.93. The van der Waals surface area contributed by atoms with Crippen LogP contribution >= 0.6 is 0 Å². The smallest absolute Gasteiger partial charge is 0.231 e. The summed E-state index contributed by atoms with van der Waals surface area (Å²) in [4.78, 5) is 4.77. The molecule has 6 nitrogen and oxygen atoms in total. The molecular formula is C28H32N2O4. The van der Waals surface area contributed by atoms with Gasteiger partial charge in [0.1, 0.15) is 6.10 Å². The molecule has 5 rings (SSSR count).